The Bertz CT molecular complexity index is 542. The van der Waals surface area contributed by atoms with Gasteiger partial charge in [-0.1, -0.05) is 0 Å². The minimum Gasteiger partial charge on any atom is -0.381 e. The summed E-state index contributed by atoms with van der Waals surface area (Å²) < 4.78 is 5.52. The first kappa shape index (κ1) is 17.0. The first-order valence-corrected chi connectivity index (χ1v) is 10.5. The lowest BCUT2D eigenvalue weighted by atomic mass is 9.79. The van der Waals surface area contributed by atoms with E-state index in [4.69, 9.17) is 4.74 Å². The fourth-order valence-corrected chi connectivity index (χ4v) is 5.57. The number of thiazole rings is 1. The molecule has 4 nitrogen and oxygen atoms in total. The highest BCUT2D eigenvalue weighted by Gasteiger charge is 2.41. The summed E-state index contributed by atoms with van der Waals surface area (Å²) in [5.74, 6) is 0.865. The van der Waals surface area contributed by atoms with E-state index < -0.39 is 0 Å². The Kier molecular flexibility index (Phi) is 5.23. The van der Waals surface area contributed by atoms with Crippen LogP contribution < -0.4 is 0 Å². The SMILES string of the molecule is Cc1nc(CN2CC[C@@]3(CCCN(CC4CCOCC4)C3)C2)cs1. The van der Waals surface area contributed by atoms with Gasteiger partial charge in [0.15, 0.2) is 0 Å². The van der Waals surface area contributed by atoms with Gasteiger partial charge in [-0.3, -0.25) is 4.90 Å². The predicted octanol–water partition coefficient (Wildman–Crippen LogP) is 3.17. The fraction of sp³-hybridized carbons (Fsp3) is 0.842. The van der Waals surface area contributed by atoms with E-state index in [1.54, 1.807) is 11.3 Å². The van der Waals surface area contributed by atoms with Crippen molar-refractivity contribution in [1.82, 2.24) is 14.8 Å². The molecule has 1 aromatic rings. The summed E-state index contributed by atoms with van der Waals surface area (Å²) in [7, 11) is 0. The Morgan fingerprint density at radius 2 is 2.04 bits per heavy atom. The van der Waals surface area contributed by atoms with Crippen molar-refractivity contribution in [1.29, 1.82) is 0 Å². The van der Waals surface area contributed by atoms with E-state index in [0.29, 0.717) is 5.41 Å². The van der Waals surface area contributed by atoms with Crippen LogP contribution in [-0.2, 0) is 11.3 Å². The number of nitrogens with zero attached hydrogens (tertiary/aromatic N) is 3. The highest BCUT2D eigenvalue weighted by atomic mass is 32.1. The molecular weight excluding hydrogens is 318 g/mol. The van der Waals surface area contributed by atoms with Gasteiger partial charge in [-0.25, -0.2) is 4.98 Å². The van der Waals surface area contributed by atoms with E-state index in [1.807, 2.05) is 0 Å². The molecule has 1 aromatic heterocycles. The zero-order valence-electron chi connectivity index (χ0n) is 15.0. The van der Waals surface area contributed by atoms with Gasteiger partial charge < -0.3 is 9.64 Å². The Balaban J connectivity index is 1.31. The third kappa shape index (κ3) is 4.01. The molecule has 0 saturated carbocycles. The molecule has 0 unspecified atom stereocenters. The molecule has 134 valence electrons. The van der Waals surface area contributed by atoms with Crippen LogP contribution in [-0.4, -0.2) is 60.7 Å². The number of ether oxygens (including phenoxy) is 1. The molecule has 0 aliphatic carbocycles. The van der Waals surface area contributed by atoms with Crippen molar-refractivity contribution < 1.29 is 4.74 Å². The lowest BCUT2D eigenvalue weighted by molar-refractivity contribution is 0.0312. The van der Waals surface area contributed by atoms with Crippen molar-refractivity contribution in [2.45, 2.75) is 45.6 Å². The highest BCUT2D eigenvalue weighted by molar-refractivity contribution is 7.09. The molecule has 1 atom stereocenters. The van der Waals surface area contributed by atoms with Gasteiger partial charge >= 0.3 is 0 Å². The zero-order valence-corrected chi connectivity index (χ0v) is 15.8. The van der Waals surface area contributed by atoms with Crippen LogP contribution in [0.2, 0.25) is 0 Å². The minimum atomic E-state index is 0.550. The van der Waals surface area contributed by atoms with Crippen LogP contribution in [0.1, 0.15) is 42.8 Å². The second kappa shape index (κ2) is 7.40. The first-order chi connectivity index (χ1) is 11.7. The van der Waals surface area contributed by atoms with Gasteiger partial charge in [0.1, 0.15) is 0 Å². The van der Waals surface area contributed by atoms with E-state index in [1.165, 1.54) is 75.5 Å². The Labute approximate surface area is 150 Å². The van der Waals surface area contributed by atoms with Crippen molar-refractivity contribution in [3.63, 3.8) is 0 Å². The highest BCUT2D eigenvalue weighted by Crippen LogP contribution is 2.39. The number of aromatic nitrogens is 1. The quantitative estimate of drug-likeness (QED) is 0.835. The normalized spacial score (nSPS) is 30.4. The van der Waals surface area contributed by atoms with Crippen LogP contribution in [0.25, 0.3) is 0 Å². The Morgan fingerprint density at radius 1 is 1.21 bits per heavy atom. The summed E-state index contributed by atoms with van der Waals surface area (Å²) in [6, 6.07) is 0. The molecule has 3 fully saturated rings. The van der Waals surface area contributed by atoms with Crippen LogP contribution >= 0.6 is 11.3 Å². The van der Waals surface area contributed by atoms with Crippen molar-refractivity contribution in [3.8, 4) is 0 Å². The fourth-order valence-electron chi connectivity index (χ4n) is 4.97. The third-order valence-electron chi connectivity index (χ3n) is 6.17. The second-order valence-electron chi connectivity index (χ2n) is 8.21. The van der Waals surface area contributed by atoms with Gasteiger partial charge in [-0.05, 0) is 63.5 Å². The van der Waals surface area contributed by atoms with E-state index in [9.17, 15) is 0 Å². The molecule has 0 amide bonds. The number of rotatable bonds is 4. The molecule has 5 heteroatoms. The molecule has 4 rings (SSSR count). The van der Waals surface area contributed by atoms with Gasteiger partial charge in [-0.2, -0.15) is 0 Å². The second-order valence-corrected chi connectivity index (χ2v) is 9.28. The van der Waals surface area contributed by atoms with Gasteiger partial charge in [-0.15, -0.1) is 11.3 Å². The van der Waals surface area contributed by atoms with E-state index in [-0.39, 0.29) is 0 Å². The minimum absolute atomic E-state index is 0.550. The molecular formula is C19H31N3OS. The Morgan fingerprint density at radius 3 is 2.83 bits per heavy atom. The monoisotopic (exact) mass is 349 g/mol. The van der Waals surface area contributed by atoms with E-state index in [2.05, 4.69) is 27.1 Å². The largest absolute Gasteiger partial charge is 0.381 e. The maximum absolute atomic E-state index is 5.52. The third-order valence-corrected chi connectivity index (χ3v) is 6.99. The molecule has 4 heterocycles. The topological polar surface area (TPSA) is 28.6 Å². The lowest BCUT2D eigenvalue weighted by Gasteiger charge is -2.42. The maximum Gasteiger partial charge on any atom is 0.0897 e. The van der Waals surface area contributed by atoms with Gasteiger partial charge in [0.2, 0.25) is 0 Å². The first-order valence-electron chi connectivity index (χ1n) is 9.64. The van der Waals surface area contributed by atoms with E-state index in [0.717, 1.165) is 25.7 Å². The van der Waals surface area contributed by atoms with Crippen LogP contribution in [0, 0.1) is 18.3 Å². The number of likely N-dealkylation sites (tertiary alicyclic amines) is 2. The molecule has 0 radical (unpaired) electrons. The number of piperidine rings is 1. The summed E-state index contributed by atoms with van der Waals surface area (Å²) >= 11 is 1.78. The van der Waals surface area contributed by atoms with Crippen molar-refractivity contribution in [2.24, 2.45) is 11.3 Å². The molecule has 0 aromatic carbocycles. The number of aryl methyl sites for hydroxylation is 1. The molecule has 0 N–H and O–H groups in total. The number of hydrogen-bond donors (Lipinski definition) is 0. The van der Waals surface area contributed by atoms with Crippen LogP contribution in [0.3, 0.4) is 0 Å². The average Bonchev–Trinajstić information content (AvgIpc) is 3.15. The van der Waals surface area contributed by atoms with Crippen LogP contribution in [0.4, 0.5) is 0 Å². The van der Waals surface area contributed by atoms with E-state index >= 15 is 0 Å². The van der Waals surface area contributed by atoms with Crippen molar-refractivity contribution in [2.75, 3.05) is 45.9 Å². The zero-order chi connectivity index (χ0) is 16.4. The van der Waals surface area contributed by atoms with Crippen molar-refractivity contribution in [3.05, 3.63) is 16.1 Å². The van der Waals surface area contributed by atoms with Crippen LogP contribution in [0.15, 0.2) is 5.38 Å². The summed E-state index contributed by atoms with van der Waals surface area (Å²) in [5, 5.41) is 3.43. The average molecular weight is 350 g/mol. The lowest BCUT2D eigenvalue weighted by Crippen LogP contribution is -2.46. The molecule has 3 saturated heterocycles. The molecule has 3 aliphatic heterocycles. The molecule has 0 bridgehead atoms. The number of hydrogen-bond acceptors (Lipinski definition) is 5. The van der Waals surface area contributed by atoms with Crippen LogP contribution in [0.5, 0.6) is 0 Å². The maximum atomic E-state index is 5.52. The van der Waals surface area contributed by atoms with Gasteiger partial charge in [0.25, 0.3) is 0 Å². The van der Waals surface area contributed by atoms with Gasteiger partial charge in [0, 0.05) is 44.8 Å². The molecule has 1 spiro atoms. The predicted molar refractivity (Wildman–Crippen MR) is 98.4 cm³/mol. The van der Waals surface area contributed by atoms with Gasteiger partial charge in [0.05, 0.1) is 10.7 Å². The summed E-state index contributed by atoms with van der Waals surface area (Å²) in [4.78, 5) is 10.1. The summed E-state index contributed by atoms with van der Waals surface area (Å²) in [5.41, 5.74) is 1.82. The Hall–Kier alpha value is -0.490. The summed E-state index contributed by atoms with van der Waals surface area (Å²) in [6.07, 6.45) is 6.70. The standard InChI is InChI=1S/C19H31N3OS/c1-16-20-18(13-24-16)12-22-8-6-19(15-22)5-2-7-21(14-19)11-17-3-9-23-10-4-17/h13,17H,2-12,14-15H2,1H3/t19-/m1/s1. The smallest absolute Gasteiger partial charge is 0.0897 e. The molecule has 3 aliphatic rings. The summed E-state index contributed by atoms with van der Waals surface area (Å²) in [6.45, 7) is 11.6. The van der Waals surface area contributed by atoms with Crippen molar-refractivity contribution >= 4 is 11.3 Å². The molecule has 24 heavy (non-hydrogen) atoms.